The molecule has 2 amide bonds. The fourth-order valence-electron chi connectivity index (χ4n) is 2.46. The molecule has 0 spiro atoms. The van der Waals surface area contributed by atoms with Crippen molar-refractivity contribution in [2.24, 2.45) is 11.7 Å². The molecule has 1 unspecified atom stereocenters. The van der Waals surface area contributed by atoms with E-state index in [1.807, 2.05) is 0 Å². The van der Waals surface area contributed by atoms with Gasteiger partial charge < -0.3 is 21.1 Å². The van der Waals surface area contributed by atoms with Crippen LogP contribution in [-0.4, -0.2) is 53.5 Å². The van der Waals surface area contributed by atoms with Crippen molar-refractivity contribution in [3.05, 3.63) is 0 Å². The first-order valence-corrected chi connectivity index (χ1v) is 7.34. The number of carbonyl (C=O) groups excluding carboxylic acids is 2. The summed E-state index contributed by atoms with van der Waals surface area (Å²) in [5.41, 5.74) is 5.00. The minimum absolute atomic E-state index is 0.00256. The number of aliphatic carboxylic acids is 1. The van der Waals surface area contributed by atoms with Crippen molar-refractivity contribution in [2.45, 2.75) is 38.1 Å². The maximum absolute atomic E-state index is 12.1. The molecule has 4 N–H and O–H groups in total. The summed E-state index contributed by atoms with van der Waals surface area (Å²) >= 11 is 0. The lowest BCUT2D eigenvalue weighted by molar-refractivity contribution is -0.143. The van der Waals surface area contributed by atoms with Crippen molar-refractivity contribution in [3.8, 4) is 6.07 Å². The van der Waals surface area contributed by atoms with Gasteiger partial charge in [-0.15, -0.1) is 0 Å². The molecular formula is C14H22N4O4. The number of hydrogen-bond donors (Lipinski definition) is 3. The average molecular weight is 310 g/mol. The lowest BCUT2D eigenvalue weighted by Gasteiger charge is -2.31. The van der Waals surface area contributed by atoms with E-state index in [9.17, 15) is 14.4 Å². The van der Waals surface area contributed by atoms with Crippen LogP contribution < -0.4 is 11.1 Å². The van der Waals surface area contributed by atoms with Crippen molar-refractivity contribution in [3.63, 3.8) is 0 Å². The smallest absolute Gasteiger partial charge is 0.326 e. The first-order chi connectivity index (χ1) is 10.4. The number of primary amides is 1. The van der Waals surface area contributed by atoms with Gasteiger partial charge in [-0.05, 0) is 32.4 Å². The van der Waals surface area contributed by atoms with E-state index in [1.165, 1.54) is 0 Å². The number of nitrogens with one attached hydrogen (secondary N) is 1. The number of hydrogen-bond acceptors (Lipinski definition) is 5. The zero-order valence-corrected chi connectivity index (χ0v) is 12.5. The Balaban J connectivity index is 2.42. The fourth-order valence-corrected chi connectivity index (χ4v) is 2.46. The molecule has 1 fully saturated rings. The van der Waals surface area contributed by atoms with E-state index < -0.39 is 17.9 Å². The Labute approximate surface area is 129 Å². The highest BCUT2D eigenvalue weighted by molar-refractivity contribution is 5.85. The van der Waals surface area contributed by atoms with Gasteiger partial charge in [0, 0.05) is 25.3 Å². The minimum atomic E-state index is -1.17. The van der Waals surface area contributed by atoms with Gasteiger partial charge in [-0.25, -0.2) is 4.79 Å². The van der Waals surface area contributed by atoms with E-state index in [1.54, 1.807) is 0 Å². The normalized spacial score (nSPS) is 17.4. The highest BCUT2D eigenvalue weighted by atomic mass is 16.4. The summed E-state index contributed by atoms with van der Waals surface area (Å²) in [7, 11) is 0. The van der Waals surface area contributed by atoms with Gasteiger partial charge in [0.2, 0.25) is 11.8 Å². The third-order valence-electron chi connectivity index (χ3n) is 3.79. The summed E-state index contributed by atoms with van der Waals surface area (Å²) in [6.07, 6.45) is 1.66. The Hall–Kier alpha value is -2.14. The number of nitriles is 1. The van der Waals surface area contributed by atoms with Crippen LogP contribution in [-0.2, 0) is 14.4 Å². The van der Waals surface area contributed by atoms with E-state index in [4.69, 9.17) is 16.1 Å². The molecule has 0 aromatic rings. The predicted molar refractivity (Wildman–Crippen MR) is 77.4 cm³/mol. The largest absolute Gasteiger partial charge is 0.480 e. The topological polar surface area (TPSA) is 137 Å². The van der Waals surface area contributed by atoms with Crippen LogP contribution in [0.15, 0.2) is 0 Å². The third-order valence-corrected chi connectivity index (χ3v) is 3.79. The van der Waals surface area contributed by atoms with Crippen LogP contribution in [0.3, 0.4) is 0 Å². The first kappa shape index (κ1) is 17.9. The molecule has 1 atom stereocenters. The summed E-state index contributed by atoms with van der Waals surface area (Å²) in [6, 6.07) is 1.00. The molecule has 8 nitrogen and oxygen atoms in total. The molecule has 0 aromatic heterocycles. The minimum Gasteiger partial charge on any atom is -0.480 e. The number of likely N-dealkylation sites (tertiary alicyclic amines) is 1. The average Bonchev–Trinajstić information content (AvgIpc) is 2.49. The molecule has 1 aliphatic rings. The summed E-state index contributed by atoms with van der Waals surface area (Å²) in [5.74, 6) is -2.28. The van der Waals surface area contributed by atoms with E-state index in [0.29, 0.717) is 25.8 Å². The van der Waals surface area contributed by atoms with E-state index in [0.717, 1.165) is 13.1 Å². The molecule has 122 valence electrons. The number of nitrogens with two attached hydrogens (primary N) is 1. The highest BCUT2D eigenvalue weighted by Crippen LogP contribution is 2.18. The lowest BCUT2D eigenvalue weighted by Crippen LogP contribution is -2.47. The number of amides is 2. The van der Waals surface area contributed by atoms with E-state index in [2.05, 4.69) is 16.3 Å². The van der Waals surface area contributed by atoms with Crippen molar-refractivity contribution in [1.82, 2.24) is 10.2 Å². The molecule has 1 rings (SSSR count). The second kappa shape index (κ2) is 9.00. The Bertz CT molecular complexity index is 452. The van der Waals surface area contributed by atoms with Gasteiger partial charge in [-0.2, -0.15) is 5.26 Å². The number of rotatable bonds is 8. The molecule has 0 saturated carbocycles. The van der Waals surface area contributed by atoms with Gasteiger partial charge in [0.05, 0.1) is 6.07 Å². The number of nitrogens with zero attached hydrogens (tertiary/aromatic N) is 2. The Morgan fingerprint density at radius 2 is 2.00 bits per heavy atom. The van der Waals surface area contributed by atoms with Crippen LogP contribution in [0.25, 0.3) is 0 Å². The molecule has 1 heterocycles. The molecule has 22 heavy (non-hydrogen) atoms. The first-order valence-electron chi connectivity index (χ1n) is 7.34. The second-order valence-corrected chi connectivity index (χ2v) is 5.43. The van der Waals surface area contributed by atoms with Crippen molar-refractivity contribution >= 4 is 17.8 Å². The summed E-state index contributed by atoms with van der Waals surface area (Å²) in [4.78, 5) is 36.1. The van der Waals surface area contributed by atoms with Crippen LogP contribution in [0.2, 0.25) is 0 Å². The van der Waals surface area contributed by atoms with Crippen LogP contribution in [0, 0.1) is 17.2 Å². The lowest BCUT2D eigenvalue weighted by atomic mass is 9.95. The van der Waals surface area contributed by atoms with E-state index in [-0.39, 0.29) is 24.7 Å². The van der Waals surface area contributed by atoms with Crippen molar-refractivity contribution < 1.29 is 19.5 Å². The monoisotopic (exact) mass is 310 g/mol. The predicted octanol–water partition coefficient (Wildman–Crippen LogP) is -0.553. The maximum Gasteiger partial charge on any atom is 0.326 e. The molecule has 8 heteroatoms. The SMILES string of the molecule is N#CCCN1CCC(C(=O)NC(CCC(N)=O)C(=O)O)CC1. The van der Waals surface area contributed by atoms with E-state index >= 15 is 0 Å². The molecular weight excluding hydrogens is 288 g/mol. The molecule has 0 radical (unpaired) electrons. The molecule has 0 aromatic carbocycles. The number of carboxylic acid groups (broad SMARTS) is 1. The van der Waals surface area contributed by atoms with Crippen molar-refractivity contribution in [2.75, 3.05) is 19.6 Å². The van der Waals surface area contributed by atoms with Gasteiger partial charge in [-0.3, -0.25) is 9.59 Å². The summed E-state index contributed by atoms with van der Waals surface area (Å²) in [6.45, 7) is 2.14. The number of carbonyl (C=O) groups is 3. The van der Waals surface area contributed by atoms with Crippen LogP contribution in [0.5, 0.6) is 0 Å². The fraction of sp³-hybridized carbons (Fsp3) is 0.714. The molecule has 0 bridgehead atoms. The Morgan fingerprint density at radius 3 is 2.50 bits per heavy atom. The second-order valence-electron chi connectivity index (χ2n) is 5.43. The molecule has 1 saturated heterocycles. The van der Waals surface area contributed by atoms with Crippen molar-refractivity contribution in [1.29, 1.82) is 5.26 Å². The molecule has 0 aliphatic carbocycles. The summed E-state index contributed by atoms with van der Waals surface area (Å²) < 4.78 is 0. The third kappa shape index (κ3) is 6.10. The van der Waals surface area contributed by atoms with Crippen LogP contribution in [0.1, 0.15) is 32.1 Å². The van der Waals surface area contributed by atoms with Gasteiger partial charge >= 0.3 is 5.97 Å². The summed E-state index contributed by atoms with van der Waals surface area (Å²) in [5, 5.41) is 20.1. The zero-order chi connectivity index (χ0) is 16.5. The maximum atomic E-state index is 12.1. The Morgan fingerprint density at radius 1 is 1.36 bits per heavy atom. The highest BCUT2D eigenvalue weighted by Gasteiger charge is 2.28. The van der Waals surface area contributed by atoms with Gasteiger partial charge in [0.25, 0.3) is 0 Å². The zero-order valence-electron chi connectivity index (χ0n) is 12.5. The number of carboxylic acids is 1. The van der Waals surface area contributed by atoms with Gasteiger partial charge in [0.1, 0.15) is 6.04 Å². The number of piperidine rings is 1. The quantitative estimate of drug-likeness (QED) is 0.550. The van der Waals surface area contributed by atoms with Gasteiger partial charge in [0.15, 0.2) is 0 Å². The van der Waals surface area contributed by atoms with Crippen LogP contribution >= 0.6 is 0 Å². The Kier molecular flexibility index (Phi) is 7.32. The standard InChI is InChI=1S/C14H22N4O4/c15-6-1-7-18-8-4-10(5-9-18)13(20)17-11(14(21)22)2-3-12(16)19/h10-11H,1-5,7-9H2,(H2,16,19)(H,17,20)(H,21,22). The molecule has 1 aliphatic heterocycles. The van der Waals surface area contributed by atoms with Crippen LogP contribution in [0.4, 0.5) is 0 Å². The van der Waals surface area contributed by atoms with Gasteiger partial charge in [-0.1, -0.05) is 0 Å².